The Hall–Kier alpha value is -1.32. The van der Waals surface area contributed by atoms with Gasteiger partial charge in [0.25, 0.3) is 0 Å². The molecule has 0 aliphatic rings. The number of carboxylic acids is 1. The molecule has 0 bridgehead atoms. The molecule has 1 aromatic carbocycles. The number of hydrogen-bond acceptors (Lipinski definition) is 2. The molecular weight excluding hydrogens is 280 g/mol. The summed E-state index contributed by atoms with van der Waals surface area (Å²) in [5, 5.41) is 9.55. The fourth-order valence-corrected chi connectivity index (χ4v) is 3.30. The summed E-state index contributed by atoms with van der Waals surface area (Å²) in [6, 6.07) is 9.87. The number of carboxylic acid groups (broad SMARTS) is 1. The highest BCUT2D eigenvalue weighted by atomic mass is 35.5. The Morgan fingerprint density at radius 2 is 2.11 bits per heavy atom. The van der Waals surface area contributed by atoms with E-state index in [9.17, 15) is 4.79 Å². The van der Waals surface area contributed by atoms with Gasteiger partial charge in [-0.25, -0.2) is 0 Å². The van der Waals surface area contributed by atoms with Crippen LogP contribution in [0.2, 0.25) is 5.02 Å². The third-order valence-electron chi connectivity index (χ3n) is 3.06. The van der Waals surface area contributed by atoms with E-state index in [1.807, 2.05) is 44.2 Å². The minimum Gasteiger partial charge on any atom is -0.481 e. The highest BCUT2D eigenvalue weighted by Gasteiger charge is 2.14. The molecule has 1 unspecified atom stereocenters. The molecule has 1 N–H and O–H groups in total. The molecule has 1 atom stereocenters. The summed E-state index contributed by atoms with van der Waals surface area (Å²) < 4.78 is 0. The third-order valence-corrected chi connectivity index (χ3v) is 4.64. The summed E-state index contributed by atoms with van der Waals surface area (Å²) in [6.45, 7) is 3.99. The van der Waals surface area contributed by atoms with Crippen molar-refractivity contribution in [2.75, 3.05) is 0 Å². The van der Waals surface area contributed by atoms with Gasteiger partial charge >= 0.3 is 5.97 Å². The van der Waals surface area contributed by atoms with Crippen molar-refractivity contribution in [3.63, 3.8) is 0 Å². The predicted molar refractivity (Wildman–Crippen MR) is 80.2 cm³/mol. The van der Waals surface area contributed by atoms with E-state index >= 15 is 0 Å². The van der Waals surface area contributed by atoms with Crippen LogP contribution < -0.4 is 0 Å². The number of carbonyl (C=O) groups is 1. The summed E-state index contributed by atoms with van der Waals surface area (Å²) in [5.74, 6) is -0.725. The number of aryl methyl sites for hydroxylation is 1. The highest BCUT2D eigenvalue weighted by molar-refractivity contribution is 7.15. The normalized spacial score (nSPS) is 12.4. The Kier molecular flexibility index (Phi) is 4.27. The lowest BCUT2D eigenvalue weighted by atomic mass is 10.1. The van der Waals surface area contributed by atoms with E-state index in [1.54, 1.807) is 11.3 Å². The molecule has 0 saturated carbocycles. The van der Waals surface area contributed by atoms with Gasteiger partial charge in [-0.05, 0) is 42.3 Å². The Labute approximate surface area is 121 Å². The van der Waals surface area contributed by atoms with Gasteiger partial charge in [-0.15, -0.1) is 11.3 Å². The van der Waals surface area contributed by atoms with Gasteiger partial charge < -0.3 is 5.11 Å². The van der Waals surface area contributed by atoms with Crippen molar-refractivity contribution in [3.8, 4) is 10.4 Å². The van der Waals surface area contributed by atoms with Crippen molar-refractivity contribution in [1.82, 2.24) is 0 Å². The van der Waals surface area contributed by atoms with Crippen LogP contribution in [0.3, 0.4) is 0 Å². The minimum absolute atomic E-state index is 0.0377. The molecule has 4 heteroatoms. The van der Waals surface area contributed by atoms with Crippen molar-refractivity contribution < 1.29 is 9.90 Å². The van der Waals surface area contributed by atoms with E-state index in [4.69, 9.17) is 16.7 Å². The molecule has 0 radical (unpaired) electrons. The van der Waals surface area contributed by atoms with Gasteiger partial charge in [0.1, 0.15) is 0 Å². The van der Waals surface area contributed by atoms with Crippen molar-refractivity contribution in [2.24, 2.45) is 0 Å². The lowest BCUT2D eigenvalue weighted by Crippen LogP contribution is -2.00. The monoisotopic (exact) mass is 294 g/mol. The number of halogens is 1. The highest BCUT2D eigenvalue weighted by Crippen LogP contribution is 2.35. The first-order valence-corrected chi connectivity index (χ1v) is 7.25. The second kappa shape index (κ2) is 5.76. The van der Waals surface area contributed by atoms with Crippen LogP contribution in [-0.4, -0.2) is 11.1 Å². The van der Waals surface area contributed by atoms with Gasteiger partial charge in [-0.3, -0.25) is 4.79 Å². The summed E-state index contributed by atoms with van der Waals surface area (Å²) >= 11 is 7.67. The smallest absolute Gasteiger partial charge is 0.303 e. The third kappa shape index (κ3) is 3.37. The second-order valence-electron chi connectivity index (χ2n) is 4.66. The number of benzene rings is 1. The van der Waals surface area contributed by atoms with Crippen LogP contribution in [0.1, 0.15) is 29.7 Å². The number of thiophene rings is 1. The van der Waals surface area contributed by atoms with Crippen molar-refractivity contribution in [3.05, 3.63) is 45.8 Å². The van der Waals surface area contributed by atoms with Crippen molar-refractivity contribution in [1.29, 1.82) is 0 Å². The fourth-order valence-electron chi connectivity index (χ4n) is 1.98. The quantitative estimate of drug-likeness (QED) is 0.866. The molecule has 0 aliphatic heterocycles. The maximum absolute atomic E-state index is 10.7. The minimum atomic E-state index is -0.763. The van der Waals surface area contributed by atoms with Gasteiger partial charge in [0.05, 0.1) is 6.42 Å². The zero-order valence-electron chi connectivity index (χ0n) is 10.8. The SMILES string of the molecule is Cc1ccc(Cl)cc1-c1ccc(C(C)CC(=O)O)s1. The van der Waals surface area contributed by atoms with Crippen molar-refractivity contribution in [2.45, 2.75) is 26.2 Å². The van der Waals surface area contributed by atoms with Gasteiger partial charge in [-0.1, -0.05) is 24.6 Å². The zero-order valence-corrected chi connectivity index (χ0v) is 12.4. The summed E-state index contributed by atoms with van der Waals surface area (Å²) in [6.07, 6.45) is 0.161. The predicted octanol–water partition coefficient (Wildman–Crippen LogP) is 4.96. The summed E-state index contributed by atoms with van der Waals surface area (Å²) in [7, 11) is 0. The van der Waals surface area contributed by atoms with Gasteiger partial charge in [-0.2, -0.15) is 0 Å². The molecule has 0 saturated heterocycles. The molecule has 0 spiro atoms. The van der Waals surface area contributed by atoms with E-state index < -0.39 is 5.97 Å². The second-order valence-corrected chi connectivity index (χ2v) is 6.21. The average molecular weight is 295 g/mol. The molecule has 1 aromatic heterocycles. The summed E-state index contributed by atoms with van der Waals surface area (Å²) in [5.41, 5.74) is 2.29. The maximum atomic E-state index is 10.7. The van der Waals surface area contributed by atoms with Crippen LogP contribution >= 0.6 is 22.9 Å². The Balaban J connectivity index is 2.30. The zero-order chi connectivity index (χ0) is 14.0. The number of rotatable bonds is 4. The first-order valence-electron chi connectivity index (χ1n) is 6.05. The molecular formula is C15H15ClO2S. The fraction of sp³-hybridized carbons (Fsp3) is 0.267. The molecule has 1 heterocycles. The molecule has 0 fully saturated rings. The maximum Gasteiger partial charge on any atom is 0.303 e. The molecule has 2 aromatic rings. The lowest BCUT2D eigenvalue weighted by Gasteiger charge is -2.06. The number of aliphatic carboxylic acids is 1. The number of hydrogen-bond donors (Lipinski definition) is 1. The van der Waals surface area contributed by atoms with Crippen LogP contribution in [0.5, 0.6) is 0 Å². The molecule has 0 amide bonds. The van der Waals surface area contributed by atoms with Gasteiger partial charge in [0.2, 0.25) is 0 Å². The average Bonchev–Trinajstić information content (AvgIpc) is 2.80. The standard InChI is InChI=1S/C15H15ClO2S/c1-9-3-4-11(16)8-12(9)14-6-5-13(19-14)10(2)7-15(17)18/h3-6,8,10H,7H2,1-2H3,(H,17,18). The van der Waals surface area contributed by atoms with E-state index in [1.165, 1.54) is 5.56 Å². The first kappa shape index (κ1) is 14.1. The van der Waals surface area contributed by atoms with Crippen LogP contribution in [0.25, 0.3) is 10.4 Å². The molecule has 0 aliphatic carbocycles. The van der Waals surface area contributed by atoms with Crippen molar-refractivity contribution >= 4 is 28.9 Å². The largest absolute Gasteiger partial charge is 0.481 e. The van der Waals surface area contributed by atoms with E-state index in [-0.39, 0.29) is 12.3 Å². The van der Waals surface area contributed by atoms with Crippen LogP contribution in [0.15, 0.2) is 30.3 Å². The topological polar surface area (TPSA) is 37.3 Å². The van der Waals surface area contributed by atoms with Crippen LogP contribution in [0.4, 0.5) is 0 Å². The summed E-state index contributed by atoms with van der Waals surface area (Å²) in [4.78, 5) is 13.0. The van der Waals surface area contributed by atoms with Gasteiger partial charge in [0, 0.05) is 20.7 Å². The molecule has 100 valence electrons. The molecule has 2 rings (SSSR count). The first-order chi connectivity index (χ1) is 8.97. The Morgan fingerprint density at radius 3 is 2.79 bits per heavy atom. The lowest BCUT2D eigenvalue weighted by molar-refractivity contribution is -0.137. The molecule has 19 heavy (non-hydrogen) atoms. The van der Waals surface area contributed by atoms with Crippen LogP contribution in [0, 0.1) is 6.92 Å². The van der Waals surface area contributed by atoms with E-state index in [2.05, 4.69) is 0 Å². The van der Waals surface area contributed by atoms with E-state index in [0.717, 1.165) is 15.3 Å². The Bertz CT molecular complexity index is 604. The van der Waals surface area contributed by atoms with Gasteiger partial charge in [0.15, 0.2) is 0 Å². The Morgan fingerprint density at radius 1 is 1.37 bits per heavy atom. The molecule has 2 nitrogen and oxygen atoms in total. The van der Waals surface area contributed by atoms with E-state index in [0.29, 0.717) is 5.02 Å². The van der Waals surface area contributed by atoms with Crippen LogP contribution in [-0.2, 0) is 4.79 Å².